The number of carbonyl (C=O) groups is 1. The zero-order chi connectivity index (χ0) is 17.4. The molecule has 1 aromatic carbocycles. The zero-order valence-electron chi connectivity index (χ0n) is 12.9. The van der Waals surface area contributed by atoms with E-state index in [1.54, 1.807) is 30.3 Å². The second kappa shape index (κ2) is 5.82. The molecule has 4 rings (SSSR count). The Bertz CT molecular complexity index is 1040. The number of H-pyrrole nitrogens is 1. The van der Waals surface area contributed by atoms with Gasteiger partial charge in [-0.15, -0.1) is 0 Å². The predicted octanol–water partition coefficient (Wildman–Crippen LogP) is 1.65. The summed E-state index contributed by atoms with van der Waals surface area (Å²) in [4.78, 5) is 31.1. The maximum Gasteiger partial charge on any atom is 0.266 e. The second-order valence-corrected chi connectivity index (χ2v) is 5.39. The van der Waals surface area contributed by atoms with Gasteiger partial charge in [0.2, 0.25) is 0 Å². The number of benzene rings is 1. The minimum absolute atomic E-state index is 0.209. The van der Waals surface area contributed by atoms with Crippen LogP contribution >= 0.6 is 0 Å². The number of aromatic nitrogens is 2. The lowest BCUT2D eigenvalue weighted by atomic mass is 10.1. The van der Waals surface area contributed by atoms with Crippen molar-refractivity contribution >= 4 is 22.6 Å². The average molecular weight is 339 g/mol. The molecule has 8 heteroatoms. The van der Waals surface area contributed by atoms with Crippen LogP contribution in [-0.4, -0.2) is 34.2 Å². The Balaban J connectivity index is 1.70. The highest BCUT2D eigenvalue weighted by Crippen LogP contribution is 2.33. The van der Waals surface area contributed by atoms with E-state index in [0.29, 0.717) is 30.4 Å². The summed E-state index contributed by atoms with van der Waals surface area (Å²) < 4.78 is 10.9. The highest BCUT2D eigenvalue weighted by molar-refractivity contribution is 6.08. The molecule has 0 atom stereocenters. The summed E-state index contributed by atoms with van der Waals surface area (Å²) in [6.07, 6.45) is 1.48. The monoisotopic (exact) mass is 339 g/mol. The Kier molecular flexibility index (Phi) is 3.50. The molecule has 8 nitrogen and oxygen atoms in total. The molecule has 0 saturated heterocycles. The van der Waals surface area contributed by atoms with E-state index < -0.39 is 17.2 Å². The van der Waals surface area contributed by atoms with Gasteiger partial charge in [-0.1, -0.05) is 0 Å². The van der Waals surface area contributed by atoms with Crippen LogP contribution in [0.15, 0.2) is 41.3 Å². The third-order valence-corrected chi connectivity index (χ3v) is 3.79. The van der Waals surface area contributed by atoms with Gasteiger partial charge < -0.3 is 24.9 Å². The van der Waals surface area contributed by atoms with E-state index in [1.165, 1.54) is 6.20 Å². The standard InChI is InChI=1S/C17H13N3O5/c21-14-10-2-1-5-18-15(10)20-17(23)13(14)16(22)19-9-3-4-11-12(8-9)25-7-6-24-11/h1-5,8H,6-7H2,(H,19,22)(H2,18,20,21,23). The number of anilines is 1. The highest BCUT2D eigenvalue weighted by atomic mass is 16.6. The summed E-state index contributed by atoms with van der Waals surface area (Å²) in [6.45, 7) is 0.885. The van der Waals surface area contributed by atoms with Gasteiger partial charge in [-0.3, -0.25) is 9.59 Å². The normalized spacial score (nSPS) is 12.8. The summed E-state index contributed by atoms with van der Waals surface area (Å²) >= 11 is 0. The van der Waals surface area contributed by atoms with Crippen LogP contribution in [0.1, 0.15) is 10.4 Å². The van der Waals surface area contributed by atoms with Crippen molar-refractivity contribution in [3.05, 3.63) is 52.4 Å². The quantitative estimate of drug-likeness (QED) is 0.654. The van der Waals surface area contributed by atoms with Crippen LogP contribution < -0.4 is 20.3 Å². The van der Waals surface area contributed by atoms with Crippen molar-refractivity contribution in [2.45, 2.75) is 0 Å². The Morgan fingerprint density at radius 2 is 2.00 bits per heavy atom. The molecule has 0 unspecified atom stereocenters. The van der Waals surface area contributed by atoms with Gasteiger partial charge in [0.15, 0.2) is 11.5 Å². The maximum atomic E-state index is 12.5. The van der Waals surface area contributed by atoms with Gasteiger partial charge in [0, 0.05) is 18.0 Å². The molecule has 1 aliphatic heterocycles. The number of hydrogen-bond acceptors (Lipinski definition) is 6. The topological polar surface area (TPSA) is 114 Å². The van der Waals surface area contributed by atoms with Crippen molar-refractivity contribution in [3.63, 3.8) is 0 Å². The fourth-order valence-corrected chi connectivity index (χ4v) is 2.63. The van der Waals surface area contributed by atoms with E-state index in [9.17, 15) is 14.7 Å². The van der Waals surface area contributed by atoms with Crippen molar-refractivity contribution in [1.29, 1.82) is 0 Å². The smallest absolute Gasteiger partial charge is 0.266 e. The number of nitrogens with one attached hydrogen (secondary N) is 2. The Hall–Kier alpha value is -3.55. The molecule has 1 aliphatic rings. The molecule has 0 aliphatic carbocycles. The number of carbonyl (C=O) groups excluding carboxylic acids is 1. The molecule has 25 heavy (non-hydrogen) atoms. The van der Waals surface area contributed by atoms with Gasteiger partial charge in [-0.25, -0.2) is 4.98 Å². The van der Waals surface area contributed by atoms with E-state index in [4.69, 9.17) is 9.47 Å². The van der Waals surface area contributed by atoms with Crippen LogP contribution in [0.5, 0.6) is 17.2 Å². The first-order valence-corrected chi connectivity index (χ1v) is 7.54. The lowest BCUT2D eigenvalue weighted by Gasteiger charge is -2.19. The summed E-state index contributed by atoms with van der Waals surface area (Å²) in [7, 11) is 0. The second-order valence-electron chi connectivity index (χ2n) is 5.39. The highest BCUT2D eigenvalue weighted by Gasteiger charge is 2.20. The van der Waals surface area contributed by atoms with Crippen LogP contribution in [0, 0.1) is 0 Å². The van der Waals surface area contributed by atoms with Crippen molar-refractivity contribution in [2.75, 3.05) is 18.5 Å². The lowest BCUT2D eigenvalue weighted by molar-refractivity contribution is 0.102. The molecule has 0 bridgehead atoms. The minimum atomic E-state index is -0.735. The number of nitrogens with zero attached hydrogens (tertiary/aromatic N) is 1. The molecule has 3 aromatic rings. The number of rotatable bonds is 2. The number of fused-ring (bicyclic) bond motifs is 2. The average Bonchev–Trinajstić information content (AvgIpc) is 2.61. The van der Waals surface area contributed by atoms with E-state index >= 15 is 0 Å². The van der Waals surface area contributed by atoms with Crippen molar-refractivity contribution in [2.24, 2.45) is 0 Å². The van der Waals surface area contributed by atoms with Crippen LogP contribution in [0.4, 0.5) is 5.69 Å². The predicted molar refractivity (Wildman–Crippen MR) is 89.4 cm³/mol. The van der Waals surface area contributed by atoms with E-state index in [0.717, 1.165) is 0 Å². The van der Waals surface area contributed by atoms with Crippen molar-refractivity contribution in [3.8, 4) is 17.2 Å². The van der Waals surface area contributed by atoms with Crippen LogP contribution in [0.25, 0.3) is 11.0 Å². The van der Waals surface area contributed by atoms with Crippen LogP contribution in [0.3, 0.4) is 0 Å². The molecular formula is C17H13N3O5. The molecule has 0 spiro atoms. The van der Waals surface area contributed by atoms with Gasteiger partial charge in [-0.2, -0.15) is 0 Å². The van der Waals surface area contributed by atoms with Crippen molar-refractivity contribution in [1.82, 2.24) is 9.97 Å². The number of aromatic amines is 1. The number of amides is 1. The fourth-order valence-electron chi connectivity index (χ4n) is 2.63. The summed E-state index contributed by atoms with van der Waals surface area (Å²) in [5, 5.41) is 13.2. The van der Waals surface area contributed by atoms with Gasteiger partial charge >= 0.3 is 0 Å². The van der Waals surface area contributed by atoms with E-state index in [-0.39, 0.29) is 16.6 Å². The molecule has 0 fully saturated rings. The number of hydrogen-bond donors (Lipinski definition) is 3. The number of ether oxygens (including phenoxy) is 2. The fraction of sp³-hybridized carbons (Fsp3) is 0.118. The van der Waals surface area contributed by atoms with Gasteiger partial charge in [0.25, 0.3) is 11.5 Å². The molecule has 2 aromatic heterocycles. The van der Waals surface area contributed by atoms with Gasteiger partial charge in [0.05, 0.1) is 5.39 Å². The van der Waals surface area contributed by atoms with Crippen molar-refractivity contribution < 1.29 is 19.4 Å². The Labute approximate surface area is 141 Å². The Morgan fingerprint density at radius 1 is 1.20 bits per heavy atom. The number of pyridine rings is 2. The first-order chi connectivity index (χ1) is 12.1. The number of aromatic hydroxyl groups is 1. The summed E-state index contributed by atoms with van der Waals surface area (Å²) in [5.41, 5.74) is -0.477. The SMILES string of the molecule is O=C(Nc1ccc2c(c1)OCCO2)c1c(O)c2cccnc2[nH]c1=O. The zero-order valence-corrected chi connectivity index (χ0v) is 12.9. The molecule has 126 valence electrons. The molecular weight excluding hydrogens is 326 g/mol. The third kappa shape index (κ3) is 2.63. The van der Waals surface area contributed by atoms with E-state index in [1.807, 2.05) is 0 Å². The van der Waals surface area contributed by atoms with E-state index in [2.05, 4.69) is 15.3 Å². The summed E-state index contributed by atoms with van der Waals surface area (Å²) in [5.74, 6) is -0.0605. The van der Waals surface area contributed by atoms with Crippen LogP contribution in [-0.2, 0) is 0 Å². The first kappa shape index (κ1) is 15.0. The van der Waals surface area contributed by atoms with Crippen LogP contribution in [0.2, 0.25) is 0 Å². The van der Waals surface area contributed by atoms with Gasteiger partial charge in [0.1, 0.15) is 30.2 Å². The van der Waals surface area contributed by atoms with Gasteiger partial charge in [-0.05, 0) is 24.3 Å². The largest absolute Gasteiger partial charge is 0.506 e. The molecule has 1 amide bonds. The molecule has 0 saturated carbocycles. The molecule has 3 N–H and O–H groups in total. The summed E-state index contributed by atoms with van der Waals surface area (Å²) in [6, 6.07) is 8.05. The molecule has 0 radical (unpaired) electrons. The Morgan fingerprint density at radius 3 is 2.84 bits per heavy atom. The minimum Gasteiger partial charge on any atom is -0.506 e. The maximum absolute atomic E-state index is 12.5. The first-order valence-electron chi connectivity index (χ1n) is 7.54. The lowest BCUT2D eigenvalue weighted by Crippen LogP contribution is -2.24. The molecule has 3 heterocycles. The third-order valence-electron chi connectivity index (χ3n) is 3.79.